The highest BCUT2D eigenvalue weighted by Crippen LogP contribution is 2.33. The van der Waals surface area contributed by atoms with Gasteiger partial charge in [0.15, 0.2) is 5.69 Å². The molecule has 0 amide bonds. The van der Waals surface area contributed by atoms with Crippen molar-refractivity contribution in [1.29, 1.82) is 0 Å². The van der Waals surface area contributed by atoms with Gasteiger partial charge in [0.1, 0.15) is 5.82 Å². The molecule has 0 bridgehead atoms. The molecule has 1 aromatic rings. The molecule has 1 atom stereocenters. The summed E-state index contributed by atoms with van der Waals surface area (Å²) in [5.41, 5.74) is -0.828. The van der Waals surface area contributed by atoms with Gasteiger partial charge in [-0.1, -0.05) is 0 Å². The zero-order chi connectivity index (χ0) is 20.4. The summed E-state index contributed by atoms with van der Waals surface area (Å²) >= 11 is 0. The number of piperazine rings is 1. The standard InChI is InChI=1S/C20H31F3N6/c1-26-9-11-27(12-10-26)14-16-5-4-8-29(15-16)18-13-17(20(21,22)23)24-19(25-18)28-6-2-3-7-28/h13,16H,2-12,14-15H2,1H3. The van der Waals surface area contributed by atoms with Crippen molar-refractivity contribution >= 4 is 11.8 Å². The first-order valence-corrected chi connectivity index (χ1v) is 10.8. The average molecular weight is 413 g/mol. The van der Waals surface area contributed by atoms with Crippen LogP contribution >= 0.6 is 0 Å². The molecule has 3 aliphatic heterocycles. The molecule has 0 saturated carbocycles. The molecule has 3 aliphatic rings. The lowest BCUT2D eigenvalue weighted by atomic mass is 9.97. The topological polar surface area (TPSA) is 38.7 Å². The van der Waals surface area contributed by atoms with E-state index in [0.717, 1.165) is 90.7 Å². The van der Waals surface area contributed by atoms with E-state index in [1.54, 1.807) is 0 Å². The third-order valence-corrected chi connectivity index (χ3v) is 6.34. The lowest BCUT2D eigenvalue weighted by Crippen LogP contribution is -2.48. The number of nitrogens with zero attached hydrogens (tertiary/aromatic N) is 6. The summed E-state index contributed by atoms with van der Waals surface area (Å²) in [6, 6.07) is 1.14. The molecule has 3 fully saturated rings. The van der Waals surface area contributed by atoms with Crippen molar-refractivity contribution in [3.63, 3.8) is 0 Å². The highest BCUT2D eigenvalue weighted by atomic mass is 19.4. The van der Waals surface area contributed by atoms with Crippen LogP contribution in [-0.4, -0.2) is 85.7 Å². The Morgan fingerprint density at radius 2 is 1.62 bits per heavy atom. The molecule has 0 aliphatic carbocycles. The van der Waals surface area contributed by atoms with Crippen LogP contribution in [-0.2, 0) is 6.18 Å². The minimum Gasteiger partial charge on any atom is -0.356 e. The molecule has 1 aromatic heterocycles. The first-order chi connectivity index (χ1) is 13.9. The Kier molecular flexibility index (Phi) is 6.15. The van der Waals surface area contributed by atoms with Crippen molar-refractivity contribution in [2.24, 2.45) is 5.92 Å². The zero-order valence-corrected chi connectivity index (χ0v) is 17.2. The average Bonchev–Trinajstić information content (AvgIpc) is 3.24. The van der Waals surface area contributed by atoms with E-state index in [1.165, 1.54) is 0 Å². The lowest BCUT2D eigenvalue weighted by Gasteiger charge is -2.39. The molecule has 9 heteroatoms. The summed E-state index contributed by atoms with van der Waals surface area (Å²) in [5, 5.41) is 0. The van der Waals surface area contributed by atoms with Gasteiger partial charge in [-0.15, -0.1) is 0 Å². The van der Waals surface area contributed by atoms with Gasteiger partial charge in [-0.2, -0.15) is 18.2 Å². The Labute approximate surface area is 170 Å². The highest BCUT2D eigenvalue weighted by molar-refractivity contribution is 5.47. The summed E-state index contributed by atoms with van der Waals surface area (Å²) in [4.78, 5) is 17.2. The lowest BCUT2D eigenvalue weighted by molar-refractivity contribution is -0.141. The molecule has 1 unspecified atom stereocenters. The highest BCUT2D eigenvalue weighted by Gasteiger charge is 2.35. The second-order valence-corrected chi connectivity index (χ2v) is 8.66. The number of likely N-dealkylation sites (N-methyl/N-ethyl adjacent to an activating group) is 1. The number of halogens is 3. The second kappa shape index (κ2) is 8.63. The van der Waals surface area contributed by atoms with Gasteiger partial charge in [0, 0.05) is 65.0 Å². The molecule has 0 spiro atoms. The molecule has 0 N–H and O–H groups in total. The number of aromatic nitrogens is 2. The molecule has 0 aromatic carbocycles. The number of piperidine rings is 1. The van der Waals surface area contributed by atoms with Crippen molar-refractivity contribution in [2.45, 2.75) is 31.9 Å². The number of anilines is 2. The van der Waals surface area contributed by atoms with Crippen LogP contribution in [0, 0.1) is 5.92 Å². The van der Waals surface area contributed by atoms with Crippen LogP contribution in [0.15, 0.2) is 6.07 Å². The molecule has 6 nitrogen and oxygen atoms in total. The van der Waals surface area contributed by atoms with Crippen LogP contribution in [0.5, 0.6) is 0 Å². The van der Waals surface area contributed by atoms with E-state index >= 15 is 0 Å². The monoisotopic (exact) mass is 412 g/mol. The molecule has 0 radical (unpaired) electrons. The van der Waals surface area contributed by atoms with E-state index in [-0.39, 0.29) is 5.95 Å². The Hall–Kier alpha value is -1.61. The quantitative estimate of drug-likeness (QED) is 0.757. The van der Waals surface area contributed by atoms with Gasteiger partial charge < -0.3 is 19.6 Å². The van der Waals surface area contributed by atoms with E-state index in [9.17, 15) is 13.2 Å². The maximum absolute atomic E-state index is 13.5. The van der Waals surface area contributed by atoms with Crippen LogP contribution in [0.3, 0.4) is 0 Å². The van der Waals surface area contributed by atoms with Crippen molar-refractivity contribution < 1.29 is 13.2 Å². The van der Waals surface area contributed by atoms with E-state index in [2.05, 4.69) is 26.8 Å². The predicted octanol–water partition coefficient (Wildman–Crippen LogP) is 2.56. The minimum absolute atomic E-state index is 0.230. The van der Waals surface area contributed by atoms with E-state index < -0.39 is 11.9 Å². The van der Waals surface area contributed by atoms with E-state index in [1.807, 2.05) is 9.80 Å². The largest absolute Gasteiger partial charge is 0.433 e. The summed E-state index contributed by atoms with van der Waals surface area (Å²) in [7, 11) is 2.14. The first-order valence-electron chi connectivity index (χ1n) is 10.8. The summed E-state index contributed by atoms with van der Waals surface area (Å²) in [6.45, 7) is 8.29. The predicted molar refractivity (Wildman–Crippen MR) is 107 cm³/mol. The Morgan fingerprint density at radius 3 is 2.31 bits per heavy atom. The van der Waals surface area contributed by atoms with Gasteiger partial charge in [-0.05, 0) is 38.6 Å². The van der Waals surface area contributed by atoms with Crippen molar-refractivity contribution in [3.8, 4) is 0 Å². The third-order valence-electron chi connectivity index (χ3n) is 6.34. The normalized spacial score (nSPS) is 25.0. The van der Waals surface area contributed by atoms with Gasteiger partial charge >= 0.3 is 6.18 Å². The molecule has 4 heterocycles. The molecular weight excluding hydrogens is 381 g/mol. The maximum atomic E-state index is 13.5. The van der Waals surface area contributed by atoms with Crippen LogP contribution in [0.25, 0.3) is 0 Å². The first kappa shape index (κ1) is 20.7. The van der Waals surface area contributed by atoms with Crippen molar-refractivity contribution in [3.05, 3.63) is 11.8 Å². The Balaban J connectivity index is 1.49. The van der Waals surface area contributed by atoms with Crippen LogP contribution in [0.2, 0.25) is 0 Å². The van der Waals surface area contributed by atoms with Gasteiger partial charge in [0.25, 0.3) is 0 Å². The Bertz CT molecular complexity index is 683. The maximum Gasteiger partial charge on any atom is 0.433 e. The number of hydrogen-bond acceptors (Lipinski definition) is 6. The van der Waals surface area contributed by atoms with Gasteiger partial charge in [0.2, 0.25) is 5.95 Å². The number of alkyl halides is 3. The molecule has 29 heavy (non-hydrogen) atoms. The fourth-order valence-corrected chi connectivity index (χ4v) is 4.61. The second-order valence-electron chi connectivity index (χ2n) is 8.66. The van der Waals surface area contributed by atoms with Crippen LogP contribution < -0.4 is 9.80 Å². The number of rotatable bonds is 4. The van der Waals surface area contributed by atoms with E-state index in [4.69, 9.17) is 0 Å². The summed E-state index contributed by atoms with van der Waals surface area (Å²) in [5.74, 6) is 1.12. The van der Waals surface area contributed by atoms with Crippen LogP contribution in [0.4, 0.5) is 24.9 Å². The fraction of sp³-hybridized carbons (Fsp3) is 0.800. The van der Waals surface area contributed by atoms with Gasteiger partial charge in [0.05, 0.1) is 0 Å². The van der Waals surface area contributed by atoms with Crippen molar-refractivity contribution in [1.82, 2.24) is 19.8 Å². The SMILES string of the molecule is CN1CCN(CC2CCCN(c3cc(C(F)(F)F)nc(N4CCCC4)n3)C2)CC1. The molecular formula is C20H31F3N6. The van der Waals surface area contributed by atoms with E-state index in [0.29, 0.717) is 11.7 Å². The molecule has 4 rings (SSSR count). The fourth-order valence-electron chi connectivity index (χ4n) is 4.61. The molecule has 162 valence electrons. The Morgan fingerprint density at radius 1 is 0.931 bits per heavy atom. The smallest absolute Gasteiger partial charge is 0.356 e. The third kappa shape index (κ3) is 5.12. The van der Waals surface area contributed by atoms with Gasteiger partial charge in [-0.25, -0.2) is 4.98 Å². The summed E-state index contributed by atoms with van der Waals surface area (Å²) in [6.07, 6.45) is -0.388. The summed E-state index contributed by atoms with van der Waals surface area (Å²) < 4.78 is 40.4. The zero-order valence-electron chi connectivity index (χ0n) is 17.2. The van der Waals surface area contributed by atoms with Gasteiger partial charge in [-0.3, -0.25) is 0 Å². The van der Waals surface area contributed by atoms with Crippen LogP contribution in [0.1, 0.15) is 31.4 Å². The number of hydrogen-bond donors (Lipinski definition) is 0. The van der Waals surface area contributed by atoms with Crippen molar-refractivity contribution in [2.75, 3.05) is 75.8 Å². The molecule has 3 saturated heterocycles. The minimum atomic E-state index is -4.46.